The third-order valence-corrected chi connectivity index (χ3v) is 4.26. The van der Waals surface area contributed by atoms with Gasteiger partial charge in [0.15, 0.2) is 0 Å². The molecule has 7 heteroatoms. The van der Waals surface area contributed by atoms with Gasteiger partial charge in [-0.3, -0.25) is 9.59 Å². The number of carboxylic acids is 1. The first-order valence-electron chi connectivity index (χ1n) is 8.37. The molecule has 2 N–H and O–H groups in total. The van der Waals surface area contributed by atoms with Gasteiger partial charge in [-0.2, -0.15) is 13.2 Å². The van der Waals surface area contributed by atoms with Crippen LogP contribution in [0.4, 0.5) is 13.2 Å². The van der Waals surface area contributed by atoms with E-state index in [1.165, 1.54) is 24.3 Å². The number of benzene rings is 2. The van der Waals surface area contributed by atoms with E-state index in [2.05, 4.69) is 5.32 Å². The summed E-state index contributed by atoms with van der Waals surface area (Å²) in [6.45, 7) is 1.75. The van der Waals surface area contributed by atoms with Crippen LogP contribution in [0.3, 0.4) is 0 Å². The smallest absolute Gasteiger partial charge is 0.396 e. The van der Waals surface area contributed by atoms with Crippen LogP contribution in [0.15, 0.2) is 54.6 Å². The number of hydrogen-bond acceptors (Lipinski definition) is 2. The van der Waals surface area contributed by atoms with Gasteiger partial charge < -0.3 is 10.4 Å². The number of hydrogen-bond donors (Lipinski definition) is 2. The molecular weight excluding hydrogens is 359 g/mol. The molecule has 0 aromatic heterocycles. The Kier molecular flexibility index (Phi) is 6.60. The van der Waals surface area contributed by atoms with Crippen LogP contribution in [0.25, 0.3) is 0 Å². The Balaban J connectivity index is 2.21. The van der Waals surface area contributed by atoms with E-state index in [9.17, 15) is 22.8 Å². The van der Waals surface area contributed by atoms with Gasteiger partial charge in [0.2, 0.25) is 5.91 Å². The fourth-order valence-corrected chi connectivity index (χ4v) is 2.94. The lowest BCUT2D eigenvalue weighted by atomic mass is 9.93. The highest BCUT2D eigenvalue weighted by Crippen LogP contribution is 2.37. The fourth-order valence-electron chi connectivity index (χ4n) is 2.94. The van der Waals surface area contributed by atoms with Crippen molar-refractivity contribution in [2.24, 2.45) is 0 Å². The Morgan fingerprint density at radius 3 is 2.15 bits per heavy atom. The van der Waals surface area contributed by atoms with Crippen molar-refractivity contribution in [3.8, 4) is 0 Å². The largest absolute Gasteiger partial charge is 0.481 e. The molecule has 2 aromatic carbocycles. The van der Waals surface area contributed by atoms with Crippen molar-refractivity contribution in [2.45, 2.75) is 37.9 Å². The molecule has 2 unspecified atom stereocenters. The normalized spacial score (nSPS) is 13.6. The monoisotopic (exact) mass is 379 g/mol. The number of aliphatic carboxylic acids is 1. The number of aryl methyl sites for hydroxylation is 1. The summed E-state index contributed by atoms with van der Waals surface area (Å²) in [4.78, 5) is 23.5. The van der Waals surface area contributed by atoms with Gasteiger partial charge in [0.05, 0.1) is 18.4 Å². The average molecular weight is 379 g/mol. The maximum atomic E-state index is 13.4. The van der Waals surface area contributed by atoms with Gasteiger partial charge in [0.1, 0.15) is 0 Å². The summed E-state index contributed by atoms with van der Waals surface area (Å²) < 4.78 is 40.3. The lowest BCUT2D eigenvalue weighted by molar-refractivity contribution is -0.157. The van der Waals surface area contributed by atoms with Crippen LogP contribution in [0, 0.1) is 6.92 Å². The van der Waals surface area contributed by atoms with Crippen molar-refractivity contribution < 1.29 is 27.9 Å². The Morgan fingerprint density at radius 1 is 1.00 bits per heavy atom. The van der Waals surface area contributed by atoms with Crippen molar-refractivity contribution >= 4 is 11.9 Å². The molecular formula is C20H20F3NO3. The molecule has 1 amide bonds. The molecule has 2 atom stereocenters. The van der Waals surface area contributed by atoms with E-state index in [4.69, 9.17) is 5.11 Å². The molecule has 0 fully saturated rings. The van der Waals surface area contributed by atoms with Crippen molar-refractivity contribution in [1.29, 1.82) is 0 Å². The Labute approximate surface area is 155 Å². The summed E-state index contributed by atoms with van der Waals surface area (Å²) in [6.07, 6.45) is -5.82. The maximum Gasteiger partial charge on any atom is 0.396 e. The van der Waals surface area contributed by atoms with Crippen LogP contribution in [0.1, 0.15) is 41.5 Å². The van der Waals surface area contributed by atoms with Crippen LogP contribution >= 0.6 is 0 Å². The SMILES string of the molecule is Cc1ccccc1C(CC(=O)O)NC(=O)CC(c1ccccc1)C(F)(F)F. The van der Waals surface area contributed by atoms with Gasteiger partial charge in [-0.05, 0) is 23.6 Å². The minimum atomic E-state index is -4.59. The predicted molar refractivity (Wildman–Crippen MR) is 94.2 cm³/mol. The zero-order valence-electron chi connectivity index (χ0n) is 14.7. The first-order valence-corrected chi connectivity index (χ1v) is 8.37. The number of nitrogens with one attached hydrogen (secondary N) is 1. The highest BCUT2D eigenvalue weighted by Gasteiger charge is 2.42. The van der Waals surface area contributed by atoms with E-state index in [0.29, 0.717) is 5.56 Å². The zero-order chi connectivity index (χ0) is 20.0. The minimum absolute atomic E-state index is 0.00849. The van der Waals surface area contributed by atoms with Gasteiger partial charge in [-0.1, -0.05) is 54.6 Å². The summed E-state index contributed by atoms with van der Waals surface area (Å²) in [5.74, 6) is -3.96. The van der Waals surface area contributed by atoms with Crippen molar-refractivity contribution in [3.05, 3.63) is 71.3 Å². The van der Waals surface area contributed by atoms with E-state index in [-0.39, 0.29) is 5.56 Å². The topological polar surface area (TPSA) is 66.4 Å². The van der Waals surface area contributed by atoms with Crippen LogP contribution in [0.5, 0.6) is 0 Å². The number of carbonyl (C=O) groups is 2. The van der Waals surface area contributed by atoms with Crippen molar-refractivity contribution in [1.82, 2.24) is 5.32 Å². The fraction of sp³-hybridized carbons (Fsp3) is 0.300. The van der Waals surface area contributed by atoms with Gasteiger partial charge in [-0.15, -0.1) is 0 Å². The number of amides is 1. The van der Waals surface area contributed by atoms with Crippen LogP contribution in [-0.2, 0) is 9.59 Å². The van der Waals surface area contributed by atoms with E-state index in [0.717, 1.165) is 5.56 Å². The van der Waals surface area contributed by atoms with Crippen LogP contribution in [-0.4, -0.2) is 23.2 Å². The van der Waals surface area contributed by atoms with Crippen molar-refractivity contribution in [3.63, 3.8) is 0 Å². The Morgan fingerprint density at radius 2 is 1.59 bits per heavy atom. The van der Waals surface area contributed by atoms with Crippen LogP contribution < -0.4 is 5.32 Å². The summed E-state index contributed by atoms with van der Waals surface area (Å²) >= 11 is 0. The third kappa shape index (κ3) is 5.84. The van der Waals surface area contributed by atoms with E-state index >= 15 is 0 Å². The number of carbonyl (C=O) groups excluding carboxylic acids is 1. The summed E-state index contributed by atoms with van der Waals surface area (Å²) in [7, 11) is 0. The lowest BCUT2D eigenvalue weighted by Gasteiger charge is -2.23. The molecule has 0 aliphatic rings. The first-order chi connectivity index (χ1) is 12.7. The molecule has 27 heavy (non-hydrogen) atoms. The summed E-state index contributed by atoms with van der Waals surface area (Å²) in [6, 6.07) is 13.1. The Hall–Kier alpha value is -2.83. The number of halogens is 3. The highest BCUT2D eigenvalue weighted by atomic mass is 19.4. The van der Waals surface area contributed by atoms with Gasteiger partial charge in [0.25, 0.3) is 0 Å². The van der Waals surface area contributed by atoms with E-state index in [1.54, 1.807) is 37.3 Å². The summed E-state index contributed by atoms with van der Waals surface area (Å²) in [5, 5.41) is 11.6. The minimum Gasteiger partial charge on any atom is -0.481 e. The molecule has 2 aromatic rings. The average Bonchev–Trinajstić information content (AvgIpc) is 2.59. The molecule has 0 spiro atoms. The molecule has 0 radical (unpaired) electrons. The molecule has 0 aliphatic carbocycles. The number of rotatable bonds is 7. The second-order valence-electron chi connectivity index (χ2n) is 6.28. The van der Waals surface area contributed by atoms with Crippen LogP contribution in [0.2, 0.25) is 0 Å². The van der Waals surface area contributed by atoms with E-state index in [1.807, 2.05) is 0 Å². The highest BCUT2D eigenvalue weighted by molar-refractivity contribution is 5.78. The van der Waals surface area contributed by atoms with Gasteiger partial charge in [0, 0.05) is 6.42 Å². The summed E-state index contributed by atoms with van der Waals surface area (Å²) in [5.41, 5.74) is 1.31. The second kappa shape index (κ2) is 8.70. The van der Waals surface area contributed by atoms with Gasteiger partial charge >= 0.3 is 12.1 Å². The second-order valence-corrected chi connectivity index (χ2v) is 6.28. The molecule has 144 valence electrons. The molecule has 0 bridgehead atoms. The first kappa shape index (κ1) is 20.5. The molecule has 2 rings (SSSR count). The van der Waals surface area contributed by atoms with E-state index < -0.39 is 42.9 Å². The van der Waals surface area contributed by atoms with Crippen molar-refractivity contribution in [2.75, 3.05) is 0 Å². The molecule has 0 aliphatic heterocycles. The number of carboxylic acid groups (broad SMARTS) is 1. The molecule has 4 nitrogen and oxygen atoms in total. The third-order valence-electron chi connectivity index (χ3n) is 4.26. The van der Waals surface area contributed by atoms with Gasteiger partial charge in [-0.25, -0.2) is 0 Å². The quantitative estimate of drug-likeness (QED) is 0.751. The molecule has 0 heterocycles. The Bertz CT molecular complexity index is 791. The standard InChI is InChI=1S/C20H20F3NO3/c1-13-7-5-6-10-15(13)17(12-19(26)27)24-18(25)11-16(20(21,22)23)14-8-3-2-4-9-14/h2-10,16-17H,11-12H2,1H3,(H,24,25)(H,26,27). The lowest BCUT2D eigenvalue weighted by Crippen LogP contribution is -2.34. The predicted octanol–water partition coefficient (Wildman–Crippen LogP) is 4.36. The molecule has 0 saturated carbocycles. The number of alkyl halides is 3. The maximum absolute atomic E-state index is 13.4. The molecule has 0 saturated heterocycles. The zero-order valence-corrected chi connectivity index (χ0v) is 14.7.